The SMILES string of the molecule is CS(=N)(=O)Cc1ccccc1Br. The van der Waals surface area contributed by atoms with Gasteiger partial charge in [-0.3, -0.25) is 4.78 Å². The van der Waals surface area contributed by atoms with Crippen LogP contribution in [0, 0.1) is 4.78 Å². The number of nitrogens with one attached hydrogen (secondary N) is 1. The zero-order valence-corrected chi connectivity index (χ0v) is 9.11. The van der Waals surface area contributed by atoms with E-state index in [1.165, 1.54) is 6.26 Å². The van der Waals surface area contributed by atoms with E-state index in [0.717, 1.165) is 10.0 Å². The van der Waals surface area contributed by atoms with Gasteiger partial charge in [-0.25, -0.2) is 4.21 Å². The van der Waals surface area contributed by atoms with Crippen molar-refractivity contribution >= 4 is 25.7 Å². The number of hydrogen-bond donors (Lipinski definition) is 1. The van der Waals surface area contributed by atoms with E-state index in [4.69, 9.17) is 4.78 Å². The molecule has 0 aliphatic rings. The Hall–Kier alpha value is -0.350. The number of halogens is 1. The Morgan fingerprint density at radius 3 is 2.58 bits per heavy atom. The van der Waals surface area contributed by atoms with Gasteiger partial charge in [-0.15, -0.1) is 0 Å². The van der Waals surface area contributed by atoms with Gasteiger partial charge in [-0.1, -0.05) is 34.1 Å². The van der Waals surface area contributed by atoms with Crippen LogP contribution in [-0.2, 0) is 15.5 Å². The van der Waals surface area contributed by atoms with E-state index in [9.17, 15) is 4.21 Å². The van der Waals surface area contributed by atoms with Gasteiger partial charge >= 0.3 is 0 Å². The van der Waals surface area contributed by atoms with E-state index in [-0.39, 0.29) is 0 Å². The maximum absolute atomic E-state index is 11.2. The Balaban J connectivity index is 2.98. The van der Waals surface area contributed by atoms with Crippen LogP contribution in [0.3, 0.4) is 0 Å². The van der Waals surface area contributed by atoms with E-state index in [0.29, 0.717) is 5.75 Å². The average Bonchev–Trinajstić information content (AvgIpc) is 1.91. The van der Waals surface area contributed by atoms with Gasteiger partial charge in [0.25, 0.3) is 0 Å². The molecule has 0 saturated carbocycles. The third kappa shape index (κ3) is 2.95. The quantitative estimate of drug-likeness (QED) is 0.858. The molecule has 0 radical (unpaired) electrons. The summed E-state index contributed by atoms with van der Waals surface area (Å²) in [7, 11) is -2.43. The Kier molecular flexibility index (Phi) is 2.90. The smallest absolute Gasteiger partial charge is 0.0574 e. The van der Waals surface area contributed by atoms with Gasteiger partial charge in [0.15, 0.2) is 0 Å². The van der Waals surface area contributed by atoms with Crippen LogP contribution in [0.25, 0.3) is 0 Å². The van der Waals surface area contributed by atoms with Crippen molar-refractivity contribution in [1.29, 1.82) is 4.78 Å². The zero-order chi connectivity index (χ0) is 9.19. The van der Waals surface area contributed by atoms with Crippen LogP contribution in [0.5, 0.6) is 0 Å². The van der Waals surface area contributed by atoms with Crippen molar-refractivity contribution in [3.8, 4) is 0 Å². The number of rotatable bonds is 2. The molecule has 2 nitrogen and oxygen atoms in total. The third-order valence-electron chi connectivity index (χ3n) is 1.39. The molecule has 0 aliphatic carbocycles. The second-order valence-corrected chi connectivity index (χ2v) is 5.89. The summed E-state index contributed by atoms with van der Waals surface area (Å²) in [5.41, 5.74) is 0.931. The molecule has 0 bridgehead atoms. The fraction of sp³-hybridized carbons (Fsp3) is 0.250. The molecule has 66 valence electrons. The maximum Gasteiger partial charge on any atom is 0.0574 e. The van der Waals surface area contributed by atoms with Crippen LogP contribution in [0.15, 0.2) is 28.7 Å². The molecule has 1 aromatic rings. The fourth-order valence-electron chi connectivity index (χ4n) is 0.912. The van der Waals surface area contributed by atoms with Crippen LogP contribution in [-0.4, -0.2) is 10.5 Å². The number of hydrogen-bond acceptors (Lipinski definition) is 2. The van der Waals surface area contributed by atoms with Crippen molar-refractivity contribution in [2.24, 2.45) is 0 Å². The lowest BCUT2D eigenvalue weighted by molar-refractivity contribution is 0.678. The van der Waals surface area contributed by atoms with Gasteiger partial charge < -0.3 is 0 Å². The highest BCUT2D eigenvalue weighted by molar-refractivity contribution is 9.10. The standard InChI is InChI=1S/C8H10BrNOS/c1-12(10,11)6-7-4-2-3-5-8(7)9/h2-5,10H,6H2,1H3. The summed E-state index contributed by atoms with van der Waals surface area (Å²) < 4.78 is 19.4. The van der Waals surface area contributed by atoms with Crippen LogP contribution >= 0.6 is 15.9 Å². The molecule has 12 heavy (non-hydrogen) atoms. The van der Waals surface area contributed by atoms with Gasteiger partial charge in [0.2, 0.25) is 0 Å². The molecule has 0 heterocycles. The summed E-state index contributed by atoms with van der Waals surface area (Å²) in [5, 5.41) is 0. The minimum atomic E-state index is -2.43. The average molecular weight is 248 g/mol. The van der Waals surface area contributed by atoms with Crippen LogP contribution in [0.1, 0.15) is 5.56 Å². The Morgan fingerprint density at radius 2 is 2.08 bits per heavy atom. The maximum atomic E-state index is 11.2. The van der Waals surface area contributed by atoms with Crippen LogP contribution in [0.4, 0.5) is 0 Å². The summed E-state index contributed by atoms with van der Waals surface area (Å²) in [6, 6.07) is 7.54. The van der Waals surface area contributed by atoms with E-state index >= 15 is 0 Å². The van der Waals surface area contributed by atoms with E-state index in [1.807, 2.05) is 24.3 Å². The molecule has 1 aromatic carbocycles. The van der Waals surface area contributed by atoms with Crippen molar-refractivity contribution in [3.63, 3.8) is 0 Å². The normalized spacial score (nSPS) is 15.5. The highest BCUT2D eigenvalue weighted by Crippen LogP contribution is 2.17. The molecule has 0 saturated heterocycles. The molecular formula is C8H10BrNOS. The summed E-state index contributed by atoms with van der Waals surface area (Å²) in [5.74, 6) is 0.314. The topological polar surface area (TPSA) is 40.9 Å². The predicted molar refractivity (Wildman–Crippen MR) is 54.6 cm³/mol. The summed E-state index contributed by atoms with van der Waals surface area (Å²) >= 11 is 3.34. The Labute approximate surface area is 81.1 Å². The third-order valence-corrected chi connectivity index (χ3v) is 3.02. The molecule has 0 aromatic heterocycles. The van der Waals surface area contributed by atoms with Crippen molar-refractivity contribution in [1.82, 2.24) is 0 Å². The number of benzene rings is 1. The lowest BCUT2D eigenvalue weighted by atomic mass is 10.2. The summed E-state index contributed by atoms with van der Waals surface area (Å²) in [4.78, 5) is 0. The Bertz CT molecular complexity index is 372. The Morgan fingerprint density at radius 1 is 1.50 bits per heavy atom. The van der Waals surface area contributed by atoms with Crippen molar-refractivity contribution < 1.29 is 4.21 Å². The lowest BCUT2D eigenvalue weighted by Crippen LogP contribution is -1.99. The molecule has 1 N–H and O–H groups in total. The first kappa shape index (κ1) is 9.74. The molecule has 1 atom stereocenters. The molecule has 0 amide bonds. The van der Waals surface area contributed by atoms with Crippen molar-refractivity contribution in [2.75, 3.05) is 6.26 Å². The van der Waals surface area contributed by atoms with E-state index < -0.39 is 9.73 Å². The molecule has 1 unspecified atom stereocenters. The highest BCUT2D eigenvalue weighted by atomic mass is 79.9. The first-order valence-corrected chi connectivity index (χ1v) is 6.37. The van der Waals surface area contributed by atoms with Gasteiger partial charge in [-0.05, 0) is 11.6 Å². The van der Waals surface area contributed by atoms with Gasteiger partial charge in [-0.2, -0.15) is 0 Å². The first-order valence-electron chi connectivity index (χ1n) is 3.44. The second kappa shape index (κ2) is 3.58. The highest BCUT2D eigenvalue weighted by Gasteiger charge is 2.03. The molecule has 0 fully saturated rings. The van der Waals surface area contributed by atoms with E-state index in [2.05, 4.69) is 15.9 Å². The minimum Gasteiger partial charge on any atom is -0.253 e. The van der Waals surface area contributed by atoms with Crippen molar-refractivity contribution in [3.05, 3.63) is 34.3 Å². The summed E-state index contributed by atoms with van der Waals surface area (Å²) in [6.07, 6.45) is 1.45. The molecule has 0 spiro atoms. The second-order valence-electron chi connectivity index (χ2n) is 2.74. The van der Waals surface area contributed by atoms with Crippen LogP contribution in [0.2, 0.25) is 0 Å². The van der Waals surface area contributed by atoms with Crippen molar-refractivity contribution in [2.45, 2.75) is 5.75 Å². The largest absolute Gasteiger partial charge is 0.253 e. The monoisotopic (exact) mass is 247 g/mol. The molecule has 4 heteroatoms. The fourth-order valence-corrected chi connectivity index (χ4v) is 2.37. The zero-order valence-electron chi connectivity index (χ0n) is 6.71. The molecule has 0 aliphatic heterocycles. The molecular weight excluding hydrogens is 238 g/mol. The van der Waals surface area contributed by atoms with Crippen LogP contribution < -0.4 is 0 Å². The first-order chi connectivity index (χ1) is 5.49. The predicted octanol–water partition coefficient (Wildman–Crippen LogP) is 2.63. The summed E-state index contributed by atoms with van der Waals surface area (Å²) in [6.45, 7) is 0. The van der Waals surface area contributed by atoms with E-state index in [1.54, 1.807) is 0 Å². The minimum absolute atomic E-state index is 0.314. The van der Waals surface area contributed by atoms with Gasteiger partial charge in [0.1, 0.15) is 0 Å². The van der Waals surface area contributed by atoms with Gasteiger partial charge in [0.05, 0.1) is 5.75 Å². The molecule has 1 rings (SSSR count). The lowest BCUT2D eigenvalue weighted by Gasteiger charge is -2.03. The van der Waals surface area contributed by atoms with Gasteiger partial charge in [0, 0.05) is 20.5 Å².